The number of aromatic nitrogens is 1. The van der Waals surface area contributed by atoms with Crippen LogP contribution in [0.5, 0.6) is 0 Å². The lowest BCUT2D eigenvalue weighted by Gasteiger charge is -2.27. The molecule has 2 rings (SSSR count). The molecule has 1 aromatic heterocycles. The van der Waals surface area contributed by atoms with Crippen LogP contribution in [0.2, 0.25) is 0 Å². The lowest BCUT2D eigenvalue weighted by atomic mass is 9.87. The number of nitrogens with one attached hydrogen (secondary N) is 1. The van der Waals surface area contributed by atoms with Crippen molar-refractivity contribution in [3.63, 3.8) is 0 Å². The van der Waals surface area contributed by atoms with Crippen LogP contribution in [-0.2, 0) is 4.74 Å². The quantitative estimate of drug-likeness (QED) is 0.827. The summed E-state index contributed by atoms with van der Waals surface area (Å²) in [6.07, 6.45) is 6.20. The molecule has 5 heteroatoms. The van der Waals surface area contributed by atoms with Gasteiger partial charge in [-0.1, -0.05) is 6.92 Å². The predicted octanol–water partition coefficient (Wildman–Crippen LogP) is 2.83. The molecule has 1 aliphatic rings. The number of hydrogen-bond donors (Lipinski definition) is 2. The average Bonchev–Trinajstić information content (AvgIpc) is 2.43. The number of esters is 1. The average molecular weight is 277 g/mol. The SMILES string of the molecule is CCOC(=O)c1cc(N)cnc1NC1CCC(C)CC1. The molecule has 0 spiro atoms. The molecule has 0 aromatic carbocycles. The normalized spacial score (nSPS) is 22.3. The van der Waals surface area contributed by atoms with Crippen molar-refractivity contribution in [3.8, 4) is 0 Å². The molecule has 0 saturated heterocycles. The molecule has 20 heavy (non-hydrogen) atoms. The van der Waals surface area contributed by atoms with Gasteiger partial charge in [-0.15, -0.1) is 0 Å². The molecule has 0 atom stereocenters. The monoisotopic (exact) mass is 277 g/mol. The largest absolute Gasteiger partial charge is 0.462 e. The van der Waals surface area contributed by atoms with Gasteiger partial charge in [0, 0.05) is 6.04 Å². The zero-order valence-corrected chi connectivity index (χ0v) is 12.2. The van der Waals surface area contributed by atoms with E-state index in [1.807, 2.05) is 0 Å². The van der Waals surface area contributed by atoms with Crippen LogP contribution in [0.15, 0.2) is 12.3 Å². The van der Waals surface area contributed by atoms with Crippen LogP contribution in [0.25, 0.3) is 0 Å². The summed E-state index contributed by atoms with van der Waals surface area (Å²) in [7, 11) is 0. The standard InChI is InChI=1S/C15H23N3O2/c1-3-20-15(19)13-8-11(16)9-17-14(13)18-12-6-4-10(2)5-7-12/h8-10,12H,3-7,16H2,1-2H3,(H,17,18). The van der Waals surface area contributed by atoms with Gasteiger partial charge in [0.1, 0.15) is 11.4 Å². The third-order valence-electron chi connectivity index (χ3n) is 3.76. The Hall–Kier alpha value is -1.78. The number of nitrogen functional groups attached to an aromatic ring is 1. The highest BCUT2D eigenvalue weighted by atomic mass is 16.5. The van der Waals surface area contributed by atoms with Crippen molar-refractivity contribution in [1.29, 1.82) is 0 Å². The number of hydrogen-bond acceptors (Lipinski definition) is 5. The molecule has 1 heterocycles. The lowest BCUT2D eigenvalue weighted by Crippen LogP contribution is -2.27. The second kappa shape index (κ2) is 6.59. The van der Waals surface area contributed by atoms with E-state index in [2.05, 4.69) is 17.2 Å². The summed E-state index contributed by atoms with van der Waals surface area (Å²) < 4.78 is 5.06. The van der Waals surface area contributed by atoms with Crippen LogP contribution in [0.3, 0.4) is 0 Å². The number of anilines is 2. The summed E-state index contributed by atoms with van der Waals surface area (Å²) in [5, 5.41) is 3.37. The Morgan fingerprint density at radius 2 is 2.15 bits per heavy atom. The van der Waals surface area contributed by atoms with Crippen molar-refractivity contribution < 1.29 is 9.53 Å². The van der Waals surface area contributed by atoms with E-state index in [1.54, 1.807) is 19.2 Å². The van der Waals surface area contributed by atoms with Crippen molar-refractivity contribution in [1.82, 2.24) is 4.98 Å². The molecule has 0 amide bonds. The van der Waals surface area contributed by atoms with Gasteiger partial charge >= 0.3 is 5.97 Å². The van der Waals surface area contributed by atoms with Crippen molar-refractivity contribution in [2.24, 2.45) is 5.92 Å². The van der Waals surface area contributed by atoms with Crippen LogP contribution in [0.1, 0.15) is 49.9 Å². The molecule has 1 saturated carbocycles. The van der Waals surface area contributed by atoms with Crippen LogP contribution in [0, 0.1) is 5.92 Å². The van der Waals surface area contributed by atoms with Gasteiger partial charge in [0.2, 0.25) is 0 Å². The van der Waals surface area contributed by atoms with Crippen LogP contribution in [-0.4, -0.2) is 23.6 Å². The Labute approximate surface area is 119 Å². The Bertz CT molecular complexity index is 468. The van der Waals surface area contributed by atoms with E-state index in [4.69, 9.17) is 10.5 Å². The minimum absolute atomic E-state index is 0.341. The second-order valence-electron chi connectivity index (χ2n) is 5.49. The van der Waals surface area contributed by atoms with Gasteiger partial charge in [0.05, 0.1) is 18.5 Å². The highest BCUT2D eigenvalue weighted by Crippen LogP contribution is 2.27. The summed E-state index contributed by atoms with van der Waals surface area (Å²) >= 11 is 0. The van der Waals surface area contributed by atoms with Crippen LogP contribution < -0.4 is 11.1 Å². The third-order valence-corrected chi connectivity index (χ3v) is 3.76. The molecular weight excluding hydrogens is 254 g/mol. The van der Waals surface area contributed by atoms with E-state index in [0.717, 1.165) is 18.8 Å². The maximum Gasteiger partial charge on any atom is 0.341 e. The van der Waals surface area contributed by atoms with E-state index in [-0.39, 0.29) is 5.97 Å². The van der Waals surface area contributed by atoms with E-state index >= 15 is 0 Å². The first kappa shape index (κ1) is 14.6. The van der Waals surface area contributed by atoms with E-state index < -0.39 is 0 Å². The summed E-state index contributed by atoms with van der Waals surface area (Å²) in [4.78, 5) is 16.2. The molecule has 1 fully saturated rings. The summed E-state index contributed by atoms with van der Waals surface area (Å²) in [5.41, 5.74) is 6.60. The molecule has 0 radical (unpaired) electrons. The smallest absolute Gasteiger partial charge is 0.341 e. The number of ether oxygens (including phenoxy) is 1. The third kappa shape index (κ3) is 3.62. The zero-order chi connectivity index (χ0) is 14.5. The molecule has 0 bridgehead atoms. The number of nitrogens with zero attached hydrogens (tertiary/aromatic N) is 1. The highest BCUT2D eigenvalue weighted by Gasteiger charge is 2.21. The molecular formula is C15H23N3O2. The highest BCUT2D eigenvalue weighted by molar-refractivity contribution is 5.95. The molecule has 0 aliphatic heterocycles. The zero-order valence-electron chi connectivity index (χ0n) is 12.2. The van der Waals surface area contributed by atoms with Crippen LogP contribution in [0.4, 0.5) is 11.5 Å². The number of pyridine rings is 1. The van der Waals surface area contributed by atoms with Gasteiger partial charge in [-0.3, -0.25) is 0 Å². The summed E-state index contributed by atoms with van der Waals surface area (Å²) in [6, 6.07) is 1.99. The van der Waals surface area contributed by atoms with Crippen LogP contribution >= 0.6 is 0 Å². The second-order valence-corrected chi connectivity index (χ2v) is 5.49. The molecule has 1 aliphatic carbocycles. The fraction of sp³-hybridized carbons (Fsp3) is 0.600. The Morgan fingerprint density at radius 3 is 2.80 bits per heavy atom. The molecule has 3 N–H and O–H groups in total. The Balaban J connectivity index is 2.12. The van der Waals surface area contributed by atoms with E-state index in [0.29, 0.717) is 29.7 Å². The lowest BCUT2D eigenvalue weighted by molar-refractivity contribution is 0.0527. The van der Waals surface area contributed by atoms with Gasteiger partial charge in [-0.05, 0) is 44.6 Å². The maximum absolute atomic E-state index is 12.0. The first-order valence-electron chi connectivity index (χ1n) is 7.29. The van der Waals surface area contributed by atoms with Gasteiger partial charge in [0.25, 0.3) is 0 Å². The van der Waals surface area contributed by atoms with E-state index in [1.165, 1.54) is 12.8 Å². The van der Waals surface area contributed by atoms with Gasteiger partial charge in [0.15, 0.2) is 0 Å². The van der Waals surface area contributed by atoms with Crippen molar-refractivity contribution >= 4 is 17.5 Å². The molecule has 1 aromatic rings. The van der Waals surface area contributed by atoms with Crippen molar-refractivity contribution in [3.05, 3.63) is 17.8 Å². The van der Waals surface area contributed by atoms with Crippen molar-refractivity contribution in [2.45, 2.75) is 45.6 Å². The minimum Gasteiger partial charge on any atom is -0.462 e. The number of nitrogens with two attached hydrogens (primary N) is 1. The Kier molecular flexibility index (Phi) is 4.82. The van der Waals surface area contributed by atoms with Crippen molar-refractivity contribution in [2.75, 3.05) is 17.7 Å². The summed E-state index contributed by atoms with van der Waals surface area (Å²) in [6.45, 7) is 4.41. The molecule has 110 valence electrons. The molecule has 5 nitrogen and oxygen atoms in total. The number of rotatable bonds is 4. The number of carbonyl (C=O) groups excluding carboxylic acids is 1. The topological polar surface area (TPSA) is 77.2 Å². The molecule has 0 unspecified atom stereocenters. The van der Waals surface area contributed by atoms with Gasteiger partial charge in [-0.2, -0.15) is 0 Å². The fourth-order valence-corrected chi connectivity index (χ4v) is 2.56. The maximum atomic E-state index is 12.0. The first-order chi connectivity index (χ1) is 9.60. The fourth-order valence-electron chi connectivity index (χ4n) is 2.56. The first-order valence-corrected chi connectivity index (χ1v) is 7.29. The predicted molar refractivity (Wildman–Crippen MR) is 79.6 cm³/mol. The van der Waals surface area contributed by atoms with Gasteiger partial charge in [-0.25, -0.2) is 9.78 Å². The van der Waals surface area contributed by atoms with E-state index in [9.17, 15) is 4.79 Å². The summed E-state index contributed by atoms with van der Waals surface area (Å²) in [5.74, 6) is 0.994. The minimum atomic E-state index is -0.376. The van der Waals surface area contributed by atoms with Gasteiger partial charge < -0.3 is 15.8 Å². The number of carbonyl (C=O) groups is 1. The Morgan fingerprint density at radius 1 is 1.45 bits per heavy atom.